The van der Waals surface area contributed by atoms with E-state index in [1.807, 2.05) is 20.8 Å². The molecule has 1 aromatic carbocycles. The maximum Gasteiger partial charge on any atom is 0.573 e. The van der Waals surface area contributed by atoms with Crippen LogP contribution in [0.5, 0.6) is 5.75 Å². The summed E-state index contributed by atoms with van der Waals surface area (Å²) in [6.07, 6.45) is -4.05. The van der Waals surface area contributed by atoms with E-state index in [1.54, 1.807) is 12.1 Å². The van der Waals surface area contributed by atoms with Crippen molar-refractivity contribution >= 4 is 29.9 Å². The SMILES string of the molecule is CCNC(=NCc1ccccc1OC(F)(F)F)NCCc1c(C)noc1C.I. The molecule has 156 valence electrons. The number of aromatic nitrogens is 1. The fourth-order valence-corrected chi connectivity index (χ4v) is 2.53. The van der Waals surface area contributed by atoms with Gasteiger partial charge in [0.05, 0.1) is 12.2 Å². The first-order chi connectivity index (χ1) is 12.8. The number of benzene rings is 1. The van der Waals surface area contributed by atoms with Crippen LogP contribution in [0.1, 0.15) is 29.5 Å². The van der Waals surface area contributed by atoms with Crippen molar-refractivity contribution in [3.8, 4) is 5.75 Å². The third-order valence-electron chi connectivity index (χ3n) is 3.80. The Morgan fingerprint density at radius 3 is 2.54 bits per heavy atom. The number of nitrogens with zero attached hydrogens (tertiary/aromatic N) is 2. The Balaban J connectivity index is 0.00000392. The van der Waals surface area contributed by atoms with Crippen molar-refractivity contribution in [3.05, 3.63) is 46.8 Å². The Kier molecular flexibility index (Phi) is 9.56. The van der Waals surface area contributed by atoms with E-state index in [0.29, 0.717) is 31.0 Å². The fourth-order valence-electron chi connectivity index (χ4n) is 2.53. The number of para-hydroxylation sites is 1. The van der Waals surface area contributed by atoms with Gasteiger partial charge in [0, 0.05) is 24.2 Å². The fraction of sp³-hybridized carbons (Fsp3) is 0.444. The number of halogens is 4. The Morgan fingerprint density at radius 2 is 1.93 bits per heavy atom. The average Bonchev–Trinajstić information content (AvgIpc) is 2.91. The van der Waals surface area contributed by atoms with Crippen molar-refractivity contribution in [1.82, 2.24) is 15.8 Å². The van der Waals surface area contributed by atoms with E-state index in [1.165, 1.54) is 12.1 Å². The summed E-state index contributed by atoms with van der Waals surface area (Å²) in [4.78, 5) is 4.35. The van der Waals surface area contributed by atoms with Gasteiger partial charge in [0.1, 0.15) is 11.5 Å². The number of alkyl halides is 3. The highest BCUT2D eigenvalue weighted by Gasteiger charge is 2.31. The van der Waals surface area contributed by atoms with Gasteiger partial charge in [-0.15, -0.1) is 37.1 Å². The van der Waals surface area contributed by atoms with E-state index < -0.39 is 6.36 Å². The van der Waals surface area contributed by atoms with Crippen LogP contribution in [0.4, 0.5) is 13.2 Å². The largest absolute Gasteiger partial charge is 0.573 e. The molecule has 6 nitrogen and oxygen atoms in total. The van der Waals surface area contributed by atoms with Crippen LogP contribution in [0.2, 0.25) is 0 Å². The Morgan fingerprint density at radius 1 is 1.21 bits per heavy atom. The molecule has 2 rings (SSSR count). The lowest BCUT2D eigenvalue weighted by atomic mass is 10.1. The number of aryl methyl sites for hydroxylation is 2. The summed E-state index contributed by atoms with van der Waals surface area (Å²) in [7, 11) is 0. The summed E-state index contributed by atoms with van der Waals surface area (Å²) >= 11 is 0. The number of hydrogen-bond donors (Lipinski definition) is 2. The number of nitrogens with one attached hydrogen (secondary N) is 2. The molecule has 10 heteroatoms. The molecule has 0 spiro atoms. The third-order valence-corrected chi connectivity index (χ3v) is 3.80. The van der Waals surface area contributed by atoms with Crippen molar-refractivity contribution < 1.29 is 22.4 Å². The second-order valence-electron chi connectivity index (χ2n) is 5.83. The van der Waals surface area contributed by atoms with Crippen molar-refractivity contribution in [2.45, 2.75) is 40.1 Å². The summed E-state index contributed by atoms with van der Waals surface area (Å²) in [5, 5.41) is 10.1. The van der Waals surface area contributed by atoms with Gasteiger partial charge in [0.25, 0.3) is 0 Å². The molecule has 0 amide bonds. The van der Waals surface area contributed by atoms with Crippen LogP contribution in [-0.2, 0) is 13.0 Å². The summed E-state index contributed by atoms with van der Waals surface area (Å²) < 4.78 is 46.7. The second-order valence-corrected chi connectivity index (χ2v) is 5.83. The molecular formula is C18H24F3IN4O2. The zero-order valence-electron chi connectivity index (χ0n) is 15.9. The molecule has 2 N–H and O–H groups in total. The molecule has 0 aliphatic carbocycles. The molecule has 1 heterocycles. The van der Waals surface area contributed by atoms with Gasteiger partial charge in [-0.1, -0.05) is 23.4 Å². The lowest BCUT2D eigenvalue weighted by Gasteiger charge is -2.14. The van der Waals surface area contributed by atoms with Crippen LogP contribution in [0.15, 0.2) is 33.8 Å². The van der Waals surface area contributed by atoms with Gasteiger partial charge in [-0.2, -0.15) is 0 Å². The van der Waals surface area contributed by atoms with E-state index in [0.717, 1.165) is 17.0 Å². The summed E-state index contributed by atoms with van der Waals surface area (Å²) in [5.41, 5.74) is 2.22. The van der Waals surface area contributed by atoms with Gasteiger partial charge in [-0.25, -0.2) is 4.99 Å². The third kappa shape index (κ3) is 7.56. The summed E-state index contributed by atoms with van der Waals surface area (Å²) in [5.74, 6) is 1.03. The predicted molar refractivity (Wildman–Crippen MR) is 111 cm³/mol. The maximum atomic E-state index is 12.5. The highest BCUT2D eigenvalue weighted by Crippen LogP contribution is 2.26. The highest BCUT2D eigenvalue weighted by molar-refractivity contribution is 14.0. The first kappa shape index (κ1) is 24.1. The maximum absolute atomic E-state index is 12.5. The van der Waals surface area contributed by atoms with Gasteiger partial charge in [0.2, 0.25) is 0 Å². The van der Waals surface area contributed by atoms with Crippen LogP contribution in [0.3, 0.4) is 0 Å². The smallest absolute Gasteiger partial charge is 0.405 e. The normalized spacial score (nSPS) is 11.7. The zero-order valence-corrected chi connectivity index (χ0v) is 18.2. The van der Waals surface area contributed by atoms with E-state index in [9.17, 15) is 13.2 Å². The average molecular weight is 512 g/mol. The molecule has 1 aromatic heterocycles. The number of hydrogen-bond acceptors (Lipinski definition) is 4. The molecule has 28 heavy (non-hydrogen) atoms. The van der Waals surface area contributed by atoms with Gasteiger partial charge >= 0.3 is 6.36 Å². The van der Waals surface area contributed by atoms with Crippen LogP contribution >= 0.6 is 24.0 Å². The van der Waals surface area contributed by atoms with Crippen LogP contribution in [-0.4, -0.2) is 30.6 Å². The summed E-state index contributed by atoms with van der Waals surface area (Å²) in [6.45, 7) is 6.89. The Bertz CT molecular complexity index is 759. The molecule has 2 aromatic rings. The topological polar surface area (TPSA) is 71.7 Å². The number of aliphatic imine (C=N–C) groups is 1. The molecule has 0 aliphatic rings. The molecule has 0 fully saturated rings. The van der Waals surface area contributed by atoms with E-state index >= 15 is 0 Å². The second kappa shape index (κ2) is 11.1. The molecule has 0 aliphatic heterocycles. The minimum absolute atomic E-state index is 0. The van der Waals surface area contributed by atoms with E-state index in [2.05, 4.69) is 25.5 Å². The first-order valence-electron chi connectivity index (χ1n) is 8.57. The van der Waals surface area contributed by atoms with E-state index in [4.69, 9.17) is 4.52 Å². The molecule has 0 radical (unpaired) electrons. The van der Waals surface area contributed by atoms with Crippen molar-refractivity contribution in [1.29, 1.82) is 0 Å². The monoisotopic (exact) mass is 512 g/mol. The van der Waals surface area contributed by atoms with Gasteiger partial charge in [-0.05, 0) is 33.3 Å². The van der Waals surface area contributed by atoms with Crippen molar-refractivity contribution in [3.63, 3.8) is 0 Å². The lowest BCUT2D eigenvalue weighted by Crippen LogP contribution is -2.38. The van der Waals surface area contributed by atoms with Crippen LogP contribution in [0, 0.1) is 13.8 Å². The molecule has 0 bridgehead atoms. The van der Waals surface area contributed by atoms with Crippen molar-refractivity contribution in [2.75, 3.05) is 13.1 Å². The van der Waals surface area contributed by atoms with Gasteiger partial charge in [-0.3, -0.25) is 0 Å². The minimum atomic E-state index is -4.74. The number of ether oxygens (including phenoxy) is 1. The zero-order chi connectivity index (χ0) is 19.9. The predicted octanol–water partition coefficient (Wildman–Crippen LogP) is 4.11. The standard InChI is InChI=1S/C18H23F3N4O2.HI/c1-4-22-17(23-10-9-15-12(2)25-27-13(15)3)24-11-14-7-5-6-8-16(14)26-18(19,20)21;/h5-8H,4,9-11H2,1-3H3,(H2,22,23,24);1H. The number of guanidine groups is 1. The lowest BCUT2D eigenvalue weighted by molar-refractivity contribution is -0.274. The first-order valence-corrected chi connectivity index (χ1v) is 8.57. The Labute approximate surface area is 178 Å². The van der Waals surface area contributed by atoms with Crippen molar-refractivity contribution in [2.24, 2.45) is 4.99 Å². The van der Waals surface area contributed by atoms with Crippen LogP contribution < -0.4 is 15.4 Å². The molecule has 0 unspecified atom stereocenters. The van der Waals surface area contributed by atoms with E-state index in [-0.39, 0.29) is 36.3 Å². The highest BCUT2D eigenvalue weighted by atomic mass is 127. The van der Waals surface area contributed by atoms with Crippen LogP contribution in [0.25, 0.3) is 0 Å². The van der Waals surface area contributed by atoms with Gasteiger partial charge < -0.3 is 19.9 Å². The summed E-state index contributed by atoms with van der Waals surface area (Å²) in [6, 6.07) is 5.96. The molecular weight excluding hydrogens is 488 g/mol. The number of rotatable bonds is 7. The minimum Gasteiger partial charge on any atom is -0.405 e. The molecule has 0 saturated heterocycles. The Hall–Kier alpha value is -1.98. The molecule has 0 atom stereocenters. The molecule has 0 saturated carbocycles. The quantitative estimate of drug-likeness (QED) is 0.332. The van der Waals surface area contributed by atoms with Gasteiger partial charge in [0.15, 0.2) is 5.96 Å².